The van der Waals surface area contributed by atoms with E-state index in [9.17, 15) is 18.0 Å². The van der Waals surface area contributed by atoms with E-state index in [4.69, 9.17) is 5.11 Å². The van der Waals surface area contributed by atoms with Gasteiger partial charge >= 0.3 is 6.18 Å². The molecule has 0 atom stereocenters. The first kappa shape index (κ1) is 20.6. The van der Waals surface area contributed by atoms with Gasteiger partial charge in [-0.25, -0.2) is 0 Å². The summed E-state index contributed by atoms with van der Waals surface area (Å²) in [6.07, 6.45) is -0.499. The number of anilines is 1. The number of hydrogen-bond donors (Lipinski definition) is 2. The van der Waals surface area contributed by atoms with Crippen LogP contribution in [0.25, 0.3) is 10.8 Å². The number of hydrogen-bond acceptors (Lipinski definition) is 2. The Labute approximate surface area is 166 Å². The second-order valence-corrected chi connectivity index (χ2v) is 6.58. The Morgan fingerprint density at radius 3 is 2.45 bits per heavy atom. The zero-order valence-corrected chi connectivity index (χ0v) is 15.5. The van der Waals surface area contributed by atoms with Crippen molar-refractivity contribution in [3.8, 4) is 0 Å². The van der Waals surface area contributed by atoms with E-state index in [0.29, 0.717) is 29.7 Å². The van der Waals surface area contributed by atoms with E-state index in [1.54, 1.807) is 18.2 Å². The highest BCUT2D eigenvalue weighted by atomic mass is 19.4. The number of fused-ring (bicyclic) bond motifs is 1. The largest absolute Gasteiger partial charge is 0.416 e. The van der Waals surface area contributed by atoms with Crippen molar-refractivity contribution in [3.63, 3.8) is 0 Å². The van der Waals surface area contributed by atoms with Gasteiger partial charge in [0.05, 0.1) is 12.2 Å². The number of aryl methyl sites for hydroxylation is 1. The summed E-state index contributed by atoms with van der Waals surface area (Å²) >= 11 is 0. The minimum atomic E-state index is -4.46. The van der Waals surface area contributed by atoms with Crippen LogP contribution >= 0.6 is 0 Å². The molecule has 0 spiro atoms. The van der Waals surface area contributed by atoms with Crippen LogP contribution < -0.4 is 5.32 Å². The Morgan fingerprint density at radius 2 is 1.72 bits per heavy atom. The smallest absolute Gasteiger partial charge is 0.392 e. The molecule has 0 radical (unpaired) electrons. The van der Waals surface area contributed by atoms with Crippen LogP contribution in [0.3, 0.4) is 0 Å². The quantitative estimate of drug-likeness (QED) is 0.531. The summed E-state index contributed by atoms with van der Waals surface area (Å²) in [4.78, 5) is 12.7. The predicted octanol–water partition coefficient (Wildman–Crippen LogP) is 5.59. The van der Waals surface area contributed by atoms with E-state index in [1.807, 2.05) is 30.3 Å². The first-order valence-corrected chi connectivity index (χ1v) is 9.14. The number of carbonyl (C=O) groups excluding carboxylic acids is 1. The second kappa shape index (κ2) is 8.92. The predicted molar refractivity (Wildman–Crippen MR) is 108 cm³/mol. The molecule has 0 heterocycles. The lowest BCUT2D eigenvalue weighted by atomic mass is 10.0. The van der Waals surface area contributed by atoms with Crippen LogP contribution in [0.4, 0.5) is 18.9 Å². The fourth-order valence-electron chi connectivity index (χ4n) is 3.06. The molecular weight excluding hydrogens is 379 g/mol. The molecule has 2 N–H and O–H groups in total. The molecule has 0 saturated heterocycles. The number of rotatable bonds is 6. The van der Waals surface area contributed by atoms with Crippen molar-refractivity contribution in [1.29, 1.82) is 0 Å². The Balaban J connectivity index is 1.87. The highest BCUT2D eigenvalue weighted by Gasteiger charge is 2.31. The topological polar surface area (TPSA) is 49.3 Å². The number of allylic oxidation sites excluding steroid dienone is 1. The van der Waals surface area contributed by atoms with Crippen LogP contribution in [-0.2, 0) is 12.6 Å². The lowest BCUT2D eigenvalue weighted by Crippen LogP contribution is -2.14. The number of aliphatic hydroxyl groups excluding tert-OH is 1. The molecule has 3 aromatic rings. The molecule has 0 saturated carbocycles. The summed E-state index contributed by atoms with van der Waals surface area (Å²) in [5, 5.41) is 13.4. The molecule has 0 bridgehead atoms. The zero-order chi connectivity index (χ0) is 20.9. The van der Waals surface area contributed by atoms with Gasteiger partial charge in [-0.3, -0.25) is 4.79 Å². The van der Waals surface area contributed by atoms with Gasteiger partial charge in [0.2, 0.25) is 0 Å². The van der Waals surface area contributed by atoms with Crippen molar-refractivity contribution in [3.05, 3.63) is 89.5 Å². The minimum Gasteiger partial charge on any atom is -0.392 e. The highest BCUT2D eigenvalue weighted by molar-refractivity contribution is 6.06. The maximum atomic E-state index is 13.1. The summed E-state index contributed by atoms with van der Waals surface area (Å²) in [7, 11) is 0. The summed E-state index contributed by atoms with van der Waals surface area (Å²) in [5.41, 5.74) is 0.391. The van der Waals surface area contributed by atoms with Crippen molar-refractivity contribution in [2.45, 2.75) is 19.0 Å². The third kappa shape index (κ3) is 5.23. The van der Waals surface area contributed by atoms with Crippen molar-refractivity contribution < 1.29 is 23.1 Å². The number of nitrogens with one attached hydrogen (secondary N) is 1. The van der Waals surface area contributed by atoms with Gasteiger partial charge in [0.1, 0.15) is 0 Å². The van der Waals surface area contributed by atoms with Gasteiger partial charge in [-0.15, -0.1) is 0 Å². The van der Waals surface area contributed by atoms with Gasteiger partial charge in [0, 0.05) is 11.3 Å². The minimum absolute atomic E-state index is 0.131. The van der Waals surface area contributed by atoms with Crippen LogP contribution in [-0.4, -0.2) is 17.6 Å². The van der Waals surface area contributed by atoms with Crippen molar-refractivity contribution in [2.24, 2.45) is 0 Å². The molecule has 29 heavy (non-hydrogen) atoms. The molecule has 150 valence electrons. The molecule has 3 aromatic carbocycles. The molecule has 0 unspecified atom stereocenters. The van der Waals surface area contributed by atoms with E-state index in [1.165, 1.54) is 12.1 Å². The van der Waals surface area contributed by atoms with Crippen molar-refractivity contribution in [2.75, 3.05) is 11.9 Å². The molecule has 1 amide bonds. The fraction of sp³-hybridized carbons (Fsp3) is 0.174. The Bertz CT molecular complexity index is 1040. The lowest BCUT2D eigenvalue weighted by Gasteiger charge is -2.14. The summed E-state index contributed by atoms with van der Waals surface area (Å²) in [6, 6.07) is 16.2. The Morgan fingerprint density at radius 1 is 0.966 bits per heavy atom. The van der Waals surface area contributed by atoms with Crippen LogP contribution in [0, 0.1) is 0 Å². The summed E-state index contributed by atoms with van der Waals surface area (Å²) in [5.74, 6) is -0.386. The number of halogens is 3. The molecule has 0 aliphatic rings. The number of benzene rings is 3. The second-order valence-electron chi connectivity index (χ2n) is 6.58. The number of amides is 1. The van der Waals surface area contributed by atoms with Gasteiger partial charge < -0.3 is 10.4 Å². The van der Waals surface area contributed by atoms with Crippen molar-refractivity contribution in [1.82, 2.24) is 0 Å². The number of alkyl halides is 3. The lowest BCUT2D eigenvalue weighted by molar-refractivity contribution is -0.137. The average Bonchev–Trinajstić information content (AvgIpc) is 2.71. The SMILES string of the molecule is O=C(Nc1ccc(C(F)(F)F)cc1CC/C=C/CO)c1ccc2ccccc2c1. The normalized spacial score (nSPS) is 11.9. The van der Waals surface area contributed by atoms with Gasteiger partial charge in [-0.2, -0.15) is 13.2 Å². The number of carbonyl (C=O) groups is 1. The van der Waals surface area contributed by atoms with Gasteiger partial charge in [-0.05, 0) is 59.5 Å². The average molecular weight is 399 g/mol. The molecule has 3 rings (SSSR count). The Hall–Kier alpha value is -3.12. The van der Waals surface area contributed by atoms with Crippen LogP contribution in [0.5, 0.6) is 0 Å². The van der Waals surface area contributed by atoms with E-state index >= 15 is 0 Å². The van der Waals surface area contributed by atoms with Crippen LogP contribution in [0.1, 0.15) is 27.9 Å². The fourth-order valence-corrected chi connectivity index (χ4v) is 3.06. The third-order valence-electron chi connectivity index (χ3n) is 4.54. The molecule has 0 fully saturated rings. The maximum absolute atomic E-state index is 13.1. The molecule has 0 aliphatic heterocycles. The van der Waals surface area contributed by atoms with E-state index in [2.05, 4.69) is 5.32 Å². The van der Waals surface area contributed by atoms with E-state index < -0.39 is 11.7 Å². The molecule has 3 nitrogen and oxygen atoms in total. The maximum Gasteiger partial charge on any atom is 0.416 e. The van der Waals surface area contributed by atoms with E-state index in [-0.39, 0.29) is 12.5 Å². The first-order valence-electron chi connectivity index (χ1n) is 9.14. The summed E-state index contributed by atoms with van der Waals surface area (Å²) < 4.78 is 39.3. The first-order chi connectivity index (χ1) is 13.9. The Kier molecular flexibility index (Phi) is 6.34. The van der Waals surface area contributed by atoms with Gasteiger partial charge in [0.25, 0.3) is 5.91 Å². The van der Waals surface area contributed by atoms with Gasteiger partial charge in [0.15, 0.2) is 0 Å². The third-order valence-corrected chi connectivity index (χ3v) is 4.54. The molecule has 0 aliphatic carbocycles. The molecular formula is C23H20F3NO2. The van der Waals surface area contributed by atoms with Gasteiger partial charge in [-0.1, -0.05) is 42.5 Å². The summed E-state index contributed by atoms with van der Waals surface area (Å²) in [6.45, 7) is -0.131. The van der Waals surface area contributed by atoms with Crippen molar-refractivity contribution >= 4 is 22.4 Å². The highest BCUT2D eigenvalue weighted by Crippen LogP contribution is 2.32. The zero-order valence-electron chi connectivity index (χ0n) is 15.5. The standard InChI is InChI=1S/C23H20F3NO2/c24-23(25,26)20-11-12-21(18(15-20)8-2-1-5-13-28)27-22(29)19-10-9-16-6-3-4-7-17(16)14-19/h1,3-7,9-12,14-15,28H,2,8,13H2,(H,27,29)/b5-1+. The number of aliphatic hydroxyl groups is 1. The molecule has 6 heteroatoms. The van der Waals surface area contributed by atoms with Crippen LogP contribution in [0.15, 0.2) is 72.8 Å². The van der Waals surface area contributed by atoms with Crippen LogP contribution in [0.2, 0.25) is 0 Å². The monoisotopic (exact) mass is 399 g/mol. The molecule has 0 aromatic heterocycles. The van der Waals surface area contributed by atoms with E-state index in [0.717, 1.165) is 22.9 Å².